The van der Waals surface area contributed by atoms with E-state index in [4.69, 9.17) is 9.57 Å². The van der Waals surface area contributed by atoms with Crippen LogP contribution in [0.15, 0.2) is 24.3 Å². The third-order valence-corrected chi connectivity index (χ3v) is 3.88. The number of esters is 1. The zero-order chi connectivity index (χ0) is 12.8. The molecule has 3 rings (SSSR count). The van der Waals surface area contributed by atoms with Crippen molar-refractivity contribution in [2.24, 2.45) is 0 Å². The Morgan fingerprint density at radius 3 is 3.06 bits per heavy atom. The van der Waals surface area contributed by atoms with Gasteiger partial charge in [0, 0.05) is 13.0 Å². The van der Waals surface area contributed by atoms with E-state index < -0.39 is 5.60 Å². The number of ether oxygens (including phenoxy) is 1. The van der Waals surface area contributed by atoms with Gasteiger partial charge in [0.1, 0.15) is 0 Å². The van der Waals surface area contributed by atoms with E-state index >= 15 is 0 Å². The molecule has 96 valence electrons. The van der Waals surface area contributed by atoms with Crippen molar-refractivity contribution in [1.82, 2.24) is 5.06 Å². The normalized spacial score (nSPS) is 30.7. The molecule has 4 heteroatoms. The maximum atomic E-state index is 11.8. The molecule has 1 fully saturated rings. The number of carbonyl (C=O) groups excluding carboxylic acids is 1. The number of methoxy groups -OCH3 is 1. The largest absolute Gasteiger partial charge is 0.467 e. The Balaban J connectivity index is 1.93. The van der Waals surface area contributed by atoms with Crippen LogP contribution in [0.2, 0.25) is 0 Å². The smallest absolute Gasteiger partial charge is 0.340 e. The van der Waals surface area contributed by atoms with Gasteiger partial charge in [0.25, 0.3) is 0 Å². The maximum absolute atomic E-state index is 11.8. The SMILES string of the molecule is COC(=O)[C@]1(C)C[C@@H]2c3ccccc3CCN2O1. The Hall–Kier alpha value is -1.39. The van der Waals surface area contributed by atoms with Crippen LogP contribution >= 0.6 is 0 Å². The van der Waals surface area contributed by atoms with Gasteiger partial charge < -0.3 is 4.74 Å². The van der Waals surface area contributed by atoms with E-state index in [1.807, 2.05) is 11.1 Å². The molecule has 0 N–H and O–H groups in total. The molecule has 1 aromatic carbocycles. The fraction of sp³-hybridized carbons (Fsp3) is 0.500. The Morgan fingerprint density at radius 2 is 2.28 bits per heavy atom. The number of benzene rings is 1. The van der Waals surface area contributed by atoms with Gasteiger partial charge in [-0.2, -0.15) is 5.06 Å². The lowest BCUT2D eigenvalue weighted by molar-refractivity contribution is -0.216. The number of carbonyl (C=O) groups is 1. The van der Waals surface area contributed by atoms with Gasteiger partial charge in [0.15, 0.2) is 5.60 Å². The summed E-state index contributed by atoms with van der Waals surface area (Å²) in [7, 11) is 1.40. The first-order valence-electron chi connectivity index (χ1n) is 6.26. The van der Waals surface area contributed by atoms with Crippen molar-refractivity contribution < 1.29 is 14.4 Å². The molecule has 0 amide bonds. The Kier molecular flexibility index (Phi) is 2.64. The lowest BCUT2D eigenvalue weighted by atomic mass is 9.88. The number of hydrogen-bond acceptors (Lipinski definition) is 4. The molecular weight excluding hydrogens is 230 g/mol. The van der Waals surface area contributed by atoms with Crippen molar-refractivity contribution in [3.05, 3.63) is 35.4 Å². The van der Waals surface area contributed by atoms with Gasteiger partial charge >= 0.3 is 5.97 Å². The molecule has 0 aliphatic carbocycles. The van der Waals surface area contributed by atoms with Crippen molar-refractivity contribution in [3.63, 3.8) is 0 Å². The molecule has 2 aliphatic rings. The molecule has 0 spiro atoms. The van der Waals surface area contributed by atoms with E-state index in [9.17, 15) is 4.79 Å². The van der Waals surface area contributed by atoms with E-state index in [1.165, 1.54) is 18.2 Å². The minimum absolute atomic E-state index is 0.166. The quantitative estimate of drug-likeness (QED) is 0.710. The Morgan fingerprint density at radius 1 is 1.50 bits per heavy atom. The van der Waals surface area contributed by atoms with Crippen LogP contribution in [0.25, 0.3) is 0 Å². The van der Waals surface area contributed by atoms with Gasteiger partial charge in [0.05, 0.1) is 13.2 Å². The molecule has 0 radical (unpaired) electrons. The zero-order valence-electron chi connectivity index (χ0n) is 10.7. The summed E-state index contributed by atoms with van der Waals surface area (Å²) in [5.41, 5.74) is 1.78. The monoisotopic (exact) mass is 247 g/mol. The van der Waals surface area contributed by atoms with Crippen molar-refractivity contribution >= 4 is 5.97 Å². The molecule has 2 heterocycles. The highest BCUT2D eigenvalue weighted by molar-refractivity contribution is 5.79. The lowest BCUT2D eigenvalue weighted by Gasteiger charge is -2.29. The minimum Gasteiger partial charge on any atom is -0.467 e. The summed E-state index contributed by atoms with van der Waals surface area (Å²) < 4.78 is 4.84. The first-order chi connectivity index (χ1) is 8.64. The average molecular weight is 247 g/mol. The van der Waals surface area contributed by atoms with Gasteiger partial charge in [-0.25, -0.2) is 4.79 Å². The number of rotatable bonds is 1. The summed E-state index contributed by atoms with van der Waals surface area (Å²) in [5, 5.41) is 1.93. The summed E-state index contributed by atoms with van der Waals surface area (Å²) in [4.78, 5) is 17.6. The molecule has 18 heavy (non-hydrogen) atoms. The molecule has 1 saturated heterocycles. The Bertz CT molecular complexity index is 488. The second kappa shape index (κ2) is 4.07. The maximum Gasteiger partial charge on any atom is 0.340 e. The lowest BCUT2D eigenvalue weighted by Crippen LogP contribution is -2.38. The standard InChI is InChI=1S/C14H17NO3/c1-14(13(16)17-2)9-12-11-6-4-3-5-10(11)7-8-15(12)18-14/h3-6,12H,7-9H2,1-2H3/t12-,14+/m1/s1. The third-order valence-electron chi connectivity index (χ3n) is 3.88. The summed E-state index contributed by atoms with van der Waals surface area (Å²) in [6.45, 7) is 2.63. The molecule has 0 saturated carbocycles. The van der Waals surface area contributed by atoms with E-state index in [2.05, 4.69) is 18.2 Å². The van der Waals surface area contributed by atoms with Crippen LogP contribution in [0.1, 0.15) is 30.5 Å². The number of hydroxylamine groups is 2. The first-order valence-corrected chi connectivity index (χ1v) is 6.26. The average Bonchev–Trinajstić information content (AvgIpc) is 2.76. The van der Waals surface area contributed by atoms with E-state index in [0.717, 1.165) is 13.0 Å². The van der Waals surface area contributed by atoms with Gasteiger partial charge in [-0.15, -0.1) is 0 Å². The van der Waals surface area contributed by atoms with E-state index in [0.29, 0.717) is 6.42 Å². The number of hydrogen-bond donors (Lipinski definition) is 0. The molecule has 4 nitrogen and oxygen atoms in total. The van der Waals surface area contributed by atoms with Crippen molar-refractivity contribution in [1.29, 1.82) is 0 Å². The highest BCUT2D eigenvalue weighted by Crippen LogP contribution is 2.44. The van der Waals surface area contributed by atoms with Crippen molar-refractivity contribution in [2.75, 3.05) is 13.7 Å². The molecule has 0 bridgehead atoms. The molecule has 0 unspecified atom stereocenters. The molecule has 1 aromatic rings. The van der Waals surface area contributed by atoms with E-state index in [-0.39, 0.29) is 12.0 Å². The van der Waals surface area contributed by atoms with Crippen LogP contribution in [0.5, 0.6) is 0 Å². The fourth-order valence-electron chi connectivity index (χ4n) is 2.95. The van der Waals surface area contributed by atoms with Crippen molar-refractivity contribution in [2.45, 2.75) is 31.4 Å². The summed E-state index contributed by atoms with van der Waals surface area (Å²) in [5.74, 6) is -0.297. The van der Waals surface area contributed by atoms with Gasteiger partial charge in [-0.3, -0.25) is 4.84 Å². The van der Waals surface area contributed by atoms with Gasteiger partial charge in [0.2, 0.25) is 0 Å². The highest BCUT2D eigenvalue weighted by Gasteiger charge is 2.50. The minimum atomic E-state index is -0.850. The fourth-order valence-corrected chi connectivity index (χ4v) is 2.95. The van der Waals surface area contributed by atoms with Crippen LogP contribution in [0.3, 0.4) is 0 Å². The summed E-state index contributed by atoms with van der Waals surface area (Å²) >= 11 is 0. The highest BCUT2D eigenvalue weighted by atomic mass is 16.7. The summed E-state index contributed by atoms with van der Waals surface area (Å²) in [6.07, 6.45) is 1.61. The van der Waals surface area contributed by atoms with Gasteiger partial charge in [-0.05, 0) is 24.5 Å². The Labute approximate surface area is 106 Å². The van der Waals surface area contributed by atoms with Crippen LogP contribution < -0.4 is 0 Å². The third kappa shape index (κ3) is 1.64. The molecule has 0 aromatic heterocycles. The topological polar surface area (TPSA) is 38.8 Å². The molecule has 2 atom stereocenters. The second-order valence-corrected chi connectivity index (χ2v) is 5.12. The van der Waals surface area contributed by atoms with Crippen LogP contribution in [-0.2, 0) is 20.8 Å². The van der Waals surface area contributed by atoms with Crippen molar-refractivity contribution in [3.8, 4) is 0 Å². The summed E-state index contributed by atoms with van der Waals surface area (Å²) in [6, 6.07) is 8.54. The predicted molar refractivity (Wildman–Crippen MR) is 65.7 cm³/mol. The van der Waals surface area contributed by atoms with Crippen LogP contribution in [0, 0.1) is 0 Å². The molecule has 2 aliphatic heterocycles. The zero-order valence-corrected chi connectivity index (χ0v) is 10.7. The first kappa shape index (κ1) is 11.7. The molecular formula is C14H17NO3. The van der Waals surface area contributed by atoms with Gasteiger partial charge in [-0.1, -0.05) is 24.3 Å². The van der Waals surface area contributed by atoms with Crippen LogP contribution in [-0.4, -0.2) is 30.3 Å². The predicted octanol–water partition coefficient (Wildman–Crippen LogP) is 1.85. The van der Waals surface area contributed by atoms with E-state index in [1.54, 1.807) is 6.92 Å². The van der Waals surface area contributed by atoms with Crippen LogP contribution in [0.4, 0.5) is 0 Å². The second-order valence-electron chi connectivity index (χ2n) is 5.12. The number of nitrogens with zero attached hydrogens (tertiary/aromatic N) is 1. The number of fused-ring (bicyclic) bond motifs is 3.